The van der Waals surface area contributed by atoms with Gasteiger partial charge in [-0.1, -0.05) is 71.1 Å². The fraction of sp³-hybridized carbons (Fsp3) is 0.938. The van der Waals surface area contributed by atoms with Crippen LogP contribution in [-0.4, -0.2) is 30.8 Å². The number of carbonyl (C=O) groups is 1. The van der Waals surface area contributed by atoms with Crippen LogP contribution in [0.5, 0.6) is 0 Å². The standard InChI is InChI=1S/C16H32O5S.Na/c1-3-5-6-7-8-9-10-11-12-13-14-15(22(18,19)20)16(17)21-4-2;/h15H,3-14H2,1-2H3,(H,18,19,20);/q;+1/p-1. The molecule has 0 spiro atoms. The van der Waals surface area contributed by atoms with E-state index >= 15 is 0 Å². The second-order valence-corrected chi connectivity index (χ2v) is 7.26. The monoisotopic (exact) mass is 358 g/mol. The molecule has 132 valence electrons. The maximum atomic E-state index is 11.5. The average Bonchev–Trinajstić information content (AvgIpc) is 2.43. The minimum atomic E-state index is -4.62. The first-order chi connectivity index (χ1) is 10.4. The molecule has 0 aromatic heterocycles. The quantitative estimate of drug-likeness (QED) is 0.198. The summed E-state index contributed by atoms with van der Waals surface area (Å²) < 4.78 is 37.9. The van der Waals surface area contributed by atoms with Crippen LogP contribution in [0.15, 0.2) is 0 Å². The number of rotatable bonds is 14. The molecule has 0 amide bonds. The van der Waals surface area contributed by atoms with Crippen molar-refractivity contribution in [3.8, 4) is 0 Å². The van der Waals surface area contributed by atoms with Crippen LogP contribution < -0.4 is 29.6 Å². The molecule has 0 heterocycles. The molecule has 0 N–H and O–H groups in total. The third kappa shape index (κ3) is 14.4. The van der Waals surface area contributed by atoms with Gasteiger partial charge >= 0.3 is 35.5 Å². The van der Waals surface area contributed by atoms with Crippen molar-refractivity contribution in [3.05, 3.63) is 0 Å². The van der Waals surface area contributed by atoms with Gasteiger partial charge in [0, 0.05) is 0 Å². The summed E-state index contributed by atoms with van der Waals surface area (Å²) in [6.07, 6.45) is 11.2. The van der Waals surface area contributed by atoms with Crippen molar-refractivity contribution >= 4 is 16.1 Å². The summed E-state index contributed by atoms with van der Waals surface area (Å²) in [4.78, 5) is 11.5. The Bertz CT molecular complexity index is 384. The van der Waals surface area contributed by atoms with E-state index in [4.69, 9.17) is 0 Å². The average molecular weight is 358 g/mol. The van der Waals surface area contributed by atoms with Crippen molar-refractivity contribution in [2.75, 3.05) is 6.61 Å². The topological polar surface area (TPSA) is 83.5 Å². The van der Waals surface area contributed by atoms with E-state index in [0.29, 0.717) is 6.42 Å². The Kier molecular flexibility index (Phi) is 17.7. The first-order valence-corrected chi connectivity index (χ1v) is 10.0. The fourth-order valence-corrected chi connectivity index (χ4v) is 3.19. The van der Waals surface area contributed by atoms with Crippen LogP contribution in [0.4, 0.5) is 0 Å². The van der Waals surface area contributed by atoms with Crippen LogP contribution in [0.1, 0.15) is 84.5 Å². The summed E-state index contributed by atoms with van der Waals surface area (Å²) >= 11 is 0. The molecular formula is C16H31NaO5S. The predicted octanol–water partition coefficient (Wildman–Crippen LogP) is 0.778. The predicted molar refractivity (Wildman–Crippen MR) is 86.6 cm³/mol. The summed E-state index contributed by atoms with van der Waals surface area (Å²) in [5.41, 5.74) is 0. The number of esters is 1. The molecule has 0 aliphatic carbocycles. The van der Waals surface area contributed by atoms with Crippen molar-refractivity contribution in [1.29, 1.82) is 0 Å². The van der Waals surface area contributed by atoms with Crippen LogP contribution >= 0.6 is 0 Å². The van der Waals surface area contributed by atoms with Crippen molar-refractivity contribution in [3.63, 3.8) is 0 Å². The summed E-state index contributed by atoms with van der Waals surface area (Å²) in [6.45, 7) is 3.88. The minimum Gasteiger partial charge on any atom is -0.747 e. The van der Waals surface area contributed by atoms with Gasteiger partial charge in [0.25, 0.3) is 0 Å². The molecule has 0 saturated carbocycles. The molecule has 0 saturated heterocycles. The van der Waals surface area contributed by atoms with E-state index in [9.17, 15) is 17.8 Å². The van der Waals surface area contributed by atoms with Crippen LogP contribution in [0, 0.1) is 0 Å². The number of hydrogen-bond donors (Lipinski definition) is 0. The molecule has 0 aromatic rings. The van der Waals surface area contributed by atoms with Gasteiger partial charge in [0.1, 0.15) is 15.4 Å². The third-order valence-electron chi connectivity index (χ3n) is 3.72. The number of ether oxygens (including phenoxy) is 1. The van der Waals surface area contributed by atoms with Crippen LogP contribution in [-0.2, 0) is 19.6 Å². The van der Waals surface area contributed by atoms with Gasteiger partial charge < -0.3 is 9.29 Å². The van der Waals surface area contributed by atoms with Crippen LogP contribution in [0.25, 0.3) is 0 Å². The SMILES string of the molecule is CCCCCCCCCCCCC(C(=O)OCC)S(=O)(=O)[O-].[Na+]. The zero-order valence-corrected chi connectivity index (χ0v) is 17.8. The molecule has 0 rings (SSSR count). The second kappa shape index (κ2) is 15.9. The van der Waals surface area contributed by atoms with Crippen molar-refractivity contribution < 1.29 is 52.1 Å². The van der Waals surface area contributed by atoms with E-state index in [0.717, 1.165) is 19.3 Å². The van der Waals surface area contributed by atoms with Crippen LogP contribution in [0.3, 0.4) is 0 Å². The Hall–Kier alpha value is 0.380. The van der Waals surface area contributed by atoms with Gasteiger partial charge in [-0.2, -0.15) is 0 Å². The Morgan fingerprint density at radius 1 is 0.913 bits per heavy atom. The van der Waals surface area contributed by atoms with Gasteiger partial charge in [-0.05, 0) is 13.3 Å². The van der Waals surface area contributed by atoms with Crippen molar-refractivity contribution in [2.45, 2.75) is 89.7 Å². The van der Waals surface area contributed by atoms with Gasteiger partial charge in [-0.3, -0.25) is 4.79 Å². The van der Waals surface area contributed by atoms with Gasteiger partial charge in [0.15, 0.2) is 0 Å². The first kappa shape index (κ1) is 25.6. The van der Waals surface area contributed by atoms with Gasteiger partial charge in [-0.25, -0.2) is 8.42 Å². The molecule has 0 bridgehead atoms. The molecule has 1 unspecified atom stereocenters. The third-order valence-corrected chi connectivity index (χ3v) is 4.84. The van der Waals surface area contributed by atoms with Crippen molar-refractivity contribution in [1.82, 2.24) is 0 Å². The molecule has 0 aliphatic rings. The van der Waals surface area contributed by atoms with E-state index in [-0.39, 0.29) is 42.6 Å². The van der Waals surface area contributed by atoms with E-state index in [2.05, 4.69) is 11.7 Å². The summed E-state index contributed by atoms with van der Waals surface area (Å²) in [6, 6.07) is 0. The van der Waals surface area contributed by atoms with E-state index in [1.54, 1.807) is 6.92 Å². The summed E-state index contributed by atoms with van der Waals surface area (Å²) in [5, 5.41) is -1.54. The van der Waals surface area contributed by atoms with Gasteiger partial charge in [-0.15, -0.1) is 0 Å². The van der Waals surface area contributed by atoms with Gasteiger partial charge in [0.05, 0.1) is 6.61 Å². The second-order valence-electron chi connectivity index (χ2n) is 5.70. The van der Waals surface area contributed by atoms with E-state index < -0.39 is 21.3 Å². The zero-order chi connectivity index (χ0) is 16.8. The summed E-state index contributed by atoms with van der Waals surface area (Å²) in [5.74, 6) is -0.909. The zero-order valence-electron chi connectivity index (χ0n) is 15.0. The molecule has 5 nitrogen and oxygen atoms in total. The smallest absolute Gasteiger partial charge is 0.747 e. The Morgan fingerprint density at radius 2 is 1.35 bits per heavy atom. The van der Waals surface area contributed by atoms with Gasteiger partial charge in [0.2, 0.25) is 0 Å². The molecule has 23 heavy (non-hydrogen) atoms. The minimum absolute atomic E-state index is 0. The van der Waals surface area contributed by atoms with Crippen molar-refractivity contribution in [2.24, 2.45) is 0 Å². The maximum absolute atomic E-state index is 11.5. The largest absolute Gasteiger partial charge is 1.00 e. The molecular weight excluding hydrogens is 327 g/mol. The molecule has 7 heteroatoms. The number of unbranched alkanes of at least 4 members (excludes halogenated alkanes) is 9. The molecule has 0 radical (unpaired) electrons. The molecule has 0 aliphatic heterocycles. The Labute approximate surface area is 164 Å². The summed E-state index contributed by atoms with van der Waals surface area (Å²) in [7, 11) is -4.62. The fourth-order valence-electron chi connectivity index (χ4n) is 2.43. The Balaban J connectivity index is 0. The molecule has 0 fully saturated rings. The molecule has 0 aromatic carbocycles. The number of carbonyl (C=O) groups excluding carboxylic acids is 1. The van der Waals surface area contributed by atoms with E-state index in [1.165, 1.54) is 38.5 Å². The number of hydrogen-bond acceptors (Lipinski definition) is 5. The van der Waals surface area contributed by atoms with E-state index in [1.807, 2.05) is 0 Å². The van der Waals surface area contributed by atoms with Crippen LogP contribution in [0.2, 0.25) is 0 Å². The first-order valence-electron chi connectivity index (χ1n) is 8.54. The molecule has 1 atom stereocenters. The Morgan fingerprint density at radius 3 is 1.74 bits per heavy atom. The maximum Gasteiger partial charge on any atom is 1.00 e. The normalized spacial score (nSPS) is 12.5.